The molecule has 1 fully saturated rings. The first-order valence-corrected chi connectivity index (χ1v) is 7.15. The molecule has 1 rings (SSSR count). The summed E-state index contributed by atoms with van der Waals surface area (Å²) in [4.78, 5) is 2.71. The molecule has 0 bridgehead atoms. The van der Waals surface area contributed by atoms with Crippen LogP contribution in [0.5, 0.6) is 0 Å². The Kier molecular flexibility index (Phi) is 6.06. The van der Waals surface area contributed by atoms with Crippen LogP contribution in [0.25, 0.3) is 0 Å². The zero-order chi connectivity index (χ0) is 11.3. The van der Waals surface area contributed by atoms with E-state index in [0.29, 0.717) is 0 Å². The van der Waals surface area contributed by atoms with Crippen LogP contribution in [0.15, 0.2) is 0 Å². The fourth-order valence-electron chi connectivity index (χ4n) is 1.93. The van der Waals surface area contributed by atoms with Crippen molar-refractivity contribution >= 4 is 12.6 Å². The van der Waals surface area contributed by atoms with Crippen molar-refractivity contribution in [1.82, 2.24) is 4.90 Å². The average molecular weight is 229 g/mol. The Labute approximate surface area is 101 Å². The second-order valence-corrected chi connectivity index (χ2v) is 5.73. The molecule has 1 aliphatic rings. The molecule has 0 aromatic rings. The fourth-order valence-corrected chi connectivity index (χ4v) is 2.31. The van der Waals surface area contributed by atoms with Crippen LogP contribution < -0.4 is 0 Å². The lowest BCUT2D eigenvalue weighted by molar-refractivity contribution is 0.215. The summed E-state index contributed by atoms with van der Waals surface area (Å²) in [5, 5.41) is 0. The van der Waals surface area contributed by atoms with Gasteiger partial charge in [-0.25, -0.2) is 0 Å². The third-order valence-corrected chi connectivity index (χ3v) is 3.90. The molecule has 0 heterocycles. The Morgan fingerprint density at radius 1 is 1.33 bits per heavy atom. The van der Waals surface area contributed by atoms with Gasteiger partial charge in [0.05, 0.1) is 0 Å². The maximum absolute atomic E-state index is 4.44. The molecule has 0 radical (unpaired) electrons. The van der Waals surface area contributed by atoms with Gasteiger partial charge >= 0.3 is 0 Å². The highest BCUT2D eigenvalue weighted by Gasteiger charge is 2.29. The van der Waals surface area contributed by atoms with Gasteiger partial charge in [0.1, 0.15) is 0 Å². The second-order valence-electron chi connectivity index (χ2n) is 5.37. The molecule has 15 heavy (non-hydrogen) atoms. The minimum absolute atomic E-state index is 0.793. The van der Waals surface area contributed by atoms with Crippen molar-refractivity contribution < 1.29 is 0 Å². The molecule has 0 aliphatic heterocycles. The maximum atomic E-state index is 4.44. The molecule has 0 amide bonds. The summed E-state index contributed by atoms with van der Waals surface area (Å²) in [6.07, 6.45) is 5.48. The van der Waals surface area contributed by atoms with Gasteiger partial charge in [-0.2, -0.15) is 12.6 Å². The third kappa shape index (κ3) is 5.26. The van der Waals surface area contributed by atoms with Crippen LogP contribution in [-0.4, -0.2) is 29.8 Å². The summed E-state index contributed by atoms with van der Waals surface area (Å²) in [6, 6.07) is 0.915. The number of rotatable bonds is 8. The smallest absolute Gasteiger partial charge is 0.00965 e. The van der Waals surface area contributed by atoms with E-state index in [2.05, 4.69) is 38.3 Å². The van der Waals surface area contributed by atoms with Gasteiger partial charge < -0.3 is 4.90 Å². The van der Waals surface area contributed by atoms with E-state index in [1.807, 2.05) is 0 Å². The molecule has 0 aromatic carbocycles. The molecule has 0 saturated heterocycles. The van der Waals surface area contributed by atoms with E-state index in [1.165, 1.54) is 38.8 Å². The number of thiol groups is 1. The van der Waals surface area contributed by atoms with Crippen molar-refractivity contribution in [3.63, 3.8) is 0 Å². The van der Waals surface area contributed by atoms with Crippen molar-refractivity contribution in [3.8, 4) is 0 Å². The molecule has 90 valence electrons. The van der Waals surface area contributed by atoms with E-state index in [9.17, 15) is 0 Å². The topological polar surface area (TPSA) is 3.24 Å². The lowest BCUT2D eigenvalue weighted by atomic mass is 10.1. The molecule has 2 heteroatoms. The van der Waals surface area contributed by atoms with Gasteiger partial charge in [-0.3, -0.25) is 0 Å². The quantitative estimate of drug-likeness (QED) is 0.624. The minimum Gasteiger partial charge on any atom is -0.300 e. The zero-order valence-corrected chi connectivity index (χ0v) is 11.5. The Balaban J connectivity index is 2.29. The molecule has 1 aliphatic carbocycles. The predicted molar refractivity (Wildman–Crippen MR) is 71.7 cm³/mol. The lowest BCUT2D eigenvalue weighted by Crippen LogP contribution is -2.33. The molecule has 0 spiro atoms. The molecule has 0 N–H and O–H groups in total. The largest absolute Gasteiger partial charge is 0.300 e. The summed E-state index contributed by atoms with van der Waals surface area (Å²) in [5.74, 6) is 2.67. The van der Waals surface area contributed by atoms with Crippen molar-refractivity contribution in [2.75, 3.05) is 18.8 Å². The first-order valence-electron chi connectivity index (χ1n) is 6.52. The Morgan fingerprint density at radius 3 is 2.40 bits per heavy atom. The molecular formula is C13H27NS. The number of hydrogen-bond donors (Lipinski definition) is 1. The van der Waals surface area contributed by atoms with Gasteiger partial charge in [0, 0.05) is 12.6 Å². The monoisotopic (exact) mass is 229 g/mol. The third-order valence-electron chi connectivity index (χ3n) is 3.39. The van der Waals surface area contributed by atoms with Gasteiger partial charge in [0.2, 0.25) is 0 Å². The summed E-state index contributed by atoms with van der Waals surface area (Å²) in [6.45, 7) is 9.50. The van der Waals surface area contributed by atoms with E-state index < -0.39 is 0 Å². The Morgan fingerprint density at radius 2 is 2.00 bits per heavy atom. The van der Waals surface area contributed by atoms with Crippen LogP contribution in [0.2, 0.25) is 0 Å². The van der Waals surface area contributed by atoms with E-state index in [-0.39, 0.29) is 0 Å². The molecule has 0 aromatic heterocycles. The van der Waals surface area contributed by atoms with Crippen LogP contribution >= 0.6 is 12.6 Å². The van der Waals surface area contributed by atoms with Gasteiger partial charge in [-0.05, 0) is 43.4 Å². The van der Waals surface area contributed by atoms with Crippen molar-refractivity contribution in [2.45, 2.75) is 52.5 Å². The van der Waals surface area contributed by atoms with Gasteiger partial charge in [0.15, 0.2) is 0 Å². The van der Waals surface area contributed by atoms with Crippen molar-refractivity contribution in [2.24, 2.45) is 11.8 Å². The normalized spacial score (nSPS) is 18.8. The average Bonchev–Trinajstić information content (AvgIpc) is 3.02. The van der Waals surface area contributed by atoms with E-state index >= 15 is 0 Å². The Bertz CT molecular complexity index is 162. The van der Waals surface area contributed by atoms with E-state index in [0.717, 1.165) is 23.6 Å². The first-order chi connectivity index (χ1) is 7.17. The van der Waals surface area contributed by atoms with Crippen molar-refractivity contribution in [3.05, 3.63) is 0 Å². The minimum atomic E-state index is 0.793. The van der Waals surface area contributed by atoms with Gasteiger partial charge in [-0.1, -0.05) is 27.2 Å². The summed E-state index contributed by atoms with van der Waals surface area (Å²) in [7, 11) is 0. The number of nitrogens with zero attached hydrogens (tertiary/aromatic N) is 1. The molecule has 1 atom stereocenters. The van der Waals surface area contributed by atoms with E-state index in [1.54, 1.807) is 0 Å². The van der Waals surface area contributed by atoms with E-state index in [4.69, 9.17) is 0 Å². The highest BCUT2D eigenvalue weighted by Crippen LogP contribution is 2.28. The highest BCUT2D eigenvalue weighted by atomic mass is 32.1. The molecule has 1 saturated carbocycles. The molecule has 1 unspecified atom stereocenters. The Hall–Kier alpha value is 0.310. The first kappa shape index (κ1) is 13.4. The van der Waals surface area contributed by atoms with Crippen LogP contribution in [-0.2, 0) is 0 Å². The maximum Gasteiger partial charge on any atom is 0.00965 e. The van der Waals surface area contributed by atoms with Crippen LogP contribution in [0.4, 0.5) is 0 Å². The second kappa shape index (κ2) is 6.80. The summed E-state index contributed by atoms with van der Waals surface area (Å²) < 4.78 is 0. The highest BCUT2D eigenvalue weighted by molar-refractivity contribution is 7.80. The van der Waals surface area contributed by atoms with Crippen LogP contribution in [0.3, 0.4) is 0 Å². The lowest BCUT2D eigenvalue weighted by Gasteiger charge is -2.26. The summed E-state index contributed by atoms with van der Waals surface area (Å²) >= 11 is 4.44. The van der Waals surface area contributed by atoms with Crippen LogP contribution in [0, 0.1) is 11.8 Å². The SMILES string of the molecule is CCC(CS)CN(CCC(C)C)C1CC1. The fraction of sp³-hybridized carbons (Fsp3) is 1.00. The molecule has 1 nitrogen and oxygen atoms in total. The van der Waals surface area contributed by atoms with Gasteiger partial charge in [0.25, 0.3) is 0 Å². The van der Waals surface area contributed by atoms with Crippen LogP contribution in [0.1, 0.15) is 46.5 Å². The van der Waals surface area contributed by atoms with Gasteiger partial charge in [-0.15, -0.1) is 0 Å². The molecular weight excluding hydrogens is 202 g/mol. The summed E-state index contributed by atoms with van der Waals surface area (Å²) in [5.41, 5.74) is 0. The zero-order valence-electron chi connectivity index (χ0n) is 10.6. The standard InChI is InChI=1S/C13H27NS/c1-4-12(10-15)9-14(13-5-6-13)8-7-11(2)3/h11-13,15H,4-10H2,1-3H3. The van der Waals surface area contributed by atoms with Crippen molar-refractivity contribution in [1.29, 1.82) is 0 Å². The number of hydrogen-bond acceptors (Lipinski definition) is 2. The predicted octanol–water partition coefficient (Wildman–Crippen LogP) is 3.45.